The summed E-state index contributed by atoms with van der Waals surface area (Å²) >= 11 is 0. The minimum Gasteiger partial charge on any atom is -0.314 e. The van der Waals surface area contributed by atoms with Crippen LogP contribution >= 0.6 is 0 Å². The zero-order valence-corrected chi connectivity index (χ0v) is 13.3. The van der Waals surface area contributed by atoms with E-state index >= 15 is 0 Å². The van der Waals surface area contributed by atoms with Crippen molar-refractivity contribution in [3.05, 3.63) is 34.4 Å². The third-order valence-electron chi connectivity index (χ3n) is 4.22. The van der Waals surface area contributed by atoms with E-state index in [-0.39, 0.29) is 29.5 Å². The highest BCUT2D eigenvalue weighted by Gasteiger charge is 2.29. The number of non-ortho nitro benzene ring substituents is 1. The van der Waals surface area contributed by atoms with E-state index in [9.17, 15) is 14.9 Å². The third kappa shape index (κ3) is 3.27. The standard InChI is InChI=1S/C16H18N4O4/c1-11(21)19(13-7-3-2-4-8-13)16-17-15(18-24-16)12-6-5-9-14(10-12)20(22)23/h5-6,9-10,13H,2-4,7-8H2,1H3. The summed E-state index contributed by atoms with van der Waals surface area (Å²) in [6.07, 6.45) is 5.13. The number of nitro benzene ring substituents is 1. The molecule has 1 aromatic heterocycles. The fourth-order valence-corrected chi connectivity index (χ4v) is 3.08. The fraction of sp³-hybridized carbons (Fsp3) is 0.438. The van der Waals surface area contributed by atoms with E-state index < -0.39 is 4.92 Å². The Bertz CT molecular complexity index is 752. The van der Waals surface area contributed by atoms with Gasteiger partial charge in [-0.1, -0.05) is 36.6 Å². The van der Waals surface area contributed by atoms with E-state index in [1.165, 1.54) is 25.5 Å². The molecule has 126 valence electrons. The first-order valence-corrected chi connectivity index (χ1v) is 7.94. The highest BCUT2D eigenvalue weighted by atomic mass is 16.6. The zero-order valence-electron chi connectivity index (χ0n) is 13.3. The van der Waals surface area contributed by atoms with Crippen LogP contribution in [0.2, 0.25) is 0 Å². The Balaban J connectivity index is 1.89. The van der Waals surface area contributed by atoms with Gasteiger partial charge in [0.25, 0.3) is 5.69 Å². The molecule has 1 aliphatic carbocycles. The van der Waals surface area contributed by atoms with Gasteiger partial charge in [0.1, 0.15) is 0 Å². The molecule has 1 aromatic carbocycles. The highest BCUT2D eigenvalue weighted by molar-refractivity contribution is 5.90. The third-order valence-corrected chi connectivity index (χ3v) is 4.22. The summed E-state index contributed by atoms with van der Waals surface area (Å²) in [5.41, 5.74) is 0.431. The summed E-state index contributed by atoms with van der Waals surface area (Å²) in [6.45, 7) is 1.48. The number of rotatable bonds is 4. The van der Waals surface area contributed by atoms with Gasteiger partial charge in [0.2, 0.25) is 11.7 Å². The lowest BCUT2D eigenvalue weighted by molar-refractivity contribution is -0.384. The summed E-state index contributed by atoms with van der Waals surface area (Å²) in [6, 6.07) is 6.22. The lowest BCUT2D eigenvalue weighted by Gasteiger charge is -2.30. The Kier molecular flexibility index (Phi) is 4.54. The SMILES string of the molecule is CC(=O)N(c1nc(-c2cccc([N+](=O)[O-])c2)no1)C1CCCCC1. The number of aromatic nitrogens is 2. The van der Waals surface area contributed by atoms with E-state index in [2.05, 4.69) is 10.1 Å². The molecule has 0 aliphatic heterocycles. The van der Waals surface area contributed by atoms with Crippen molar-refractivity contribution in [2.24, 2.45) is 0 Å². The lowest BCUT2D eigenvalue weighted by Crippen LogP contribution is -2.40. The van der Waals surface area contributed by atoms with Crippen LogP contribution in [0.3, 0.4) is 0 Å². The van der Waals surface area contributed by atoms with Crippen LogP contribution in [0.4, 0.5) is 11.7 Å². The van der Waals surface area contributed by atoms with E-state index in [4.69, 9.17) is 4.52 Å². The van der Waals surface area contributed by atoms with Crippen molar-refractivity contribution in [1.82, 2.24) is 10.1 Å². The van der Waals surface area contributed by atoms with Crippen LogP contribution in [0.25, 0.3) is 11.4 Å². The van der Waals surface area contributed by atoms with E-state index in [1.807, 2.05) is 0 Å². The number of carbonyl (C=O) groups is 1. The second-order valence-corrected chi connectivity index (χ2v) is 5.89. The molecule has 0 radical (unpaired) electrons. The Morgan fingerprint density at radius 1 is 1.33 bits per heavy atom. The van der Waals surface area contributed by atoms with E-state index in [0.29, 0.717) is 5.56 Å². The lowest BCUT2D eigenvalue weighted by atomic mass is 9.94. The highest BCUT2D eigenvalue weighted by Crippen LogP contribution is 2.29. The van der Waals surface area contributed by atoms with Gasteiger partial charge in [-0.2, -0.15) is 4.98 Å². The van der Waals surface area contributed by atoms with Crippen LogP contribution in [0.15, 0.2) is 28.8 Å². The van der Waals surface area contributed by atoms with Gasteiger partial charge in [-0.3, -0.25) is 19.8 Å². The van der Waals surface area contributed by atoms with Crippen LogP contribution in [0, 0.1) is 10.1 Å². The van der Waals surface area contributed by atoms with Gasteiger partial charge < -0.3 is 4.52 Å². The quantitative estimate of drug-likeness (QED) is 0.629. The van der Waals surface area contributed by atoms with Crippen molar-refractivity contribution < 1.29 is 14.2 Å². The predicted molar refractivity (Wildman–Crippen MR) is 86.4 cm³/mol. The van der Waals surface area contributed by atoms with E-state index in [1.54, 1.807) is 17.0 Å². The van der Waals surface area contributed by atoms with Crippen molar-refractivity contribution in [2.75, 3.05) is 4.90 Å². The molecule has 8 nitrogen and oxygen atoms in total. The van der Waals surface area contributed by atoms with Gasteiger partial charge in [-0.05, 0) is 12.8 Å². The van der Waals surface area contributed by atoms with Crippen molar-refractivity contribution in [2.45, 2.75) is 45.1 Å². The van der Waals surface area contributed by atoms with Crippen LogP contribution in [-0.2, 0) is 4.79 Å². The number of anilines is 1. The number of hydrogen-bond acceptors (Lipinski definition) is 6. The monoisotopic (exact) mass is 330 g/mol. The molecule has 1 aliphatic rings. The summed E-state index contributed by atoms with van der Waals surface area (Å²) in [5.74, 6) is 0.0897. The molecule has 8 heteroatoms. The molecule has 2 aromatic rings. The normalized spacial score (nSPS) is 15.2. The Labute approximate surface area is 138 Å². The van der Waals surface area contributed by atoms with Crippen molar-refractivity contribution >= 4 is 17.6 Å². The minimum absolute atomic E-state index is 0.0467. The van der Waals surface area contributed by atoms with E-state index in [0.717, 1.165) is 25.7 Å². The van der Waals surface area contributed by atoms with Crippen LogP contribution < -0.4 is 4.90 Å². The maximum absolute atomic E-state index is 12.0. The molecule has 0 bridgehead atoms. The molecule has 0 atom stereocenters. The molecule has 1 saturated carbocycles. The number of nitrogens with zero attached hydrogens (tertiary/aromatic N) is 4. The van der Waals surface area contributed by atoms with Gasteiger partial charge in [0.15, 0.2) is 0 Å². The Morgan fingerprint density at radius 3 is 2.75 bits per heavy atom. The second-order valence-electron chi connectivity index (χ2n) is 5.89. The predicted octanol–water partition coefficient (Wildman–Crippen LogP) is 3.33. The molecule has 1 heterocycles. The number of hydrogen-bond donors (Lipinski definition) is 0. The summed E-state index contributed by atoms with van der Waals surface area (Å²) < 4.78 is 5.27. The van der Waals surface area contributed by atoms with Crippen molar-refractivity contribution in [3.63, 3.8) is 0 Å². The number of amides is 1. The first-order chi connectivity index (χ1) is 11.6. The van der Waals surface area contributed by atoms with Gasteiger partial charge in [-0.15, -0.1) is 0 Å². The zero-order chi connectivity index (χ0) is 17.1. The van der Waals surface area contributed by atoms with Crippen LogP contribution in [0.1, 0.15) is 39.0 Å². The molecule has 1 amide bonds. The smallest absolute Gasteiger partial charge is 0.314 e. The summed E-state index contributed by atoms with van der Waals surface area (Å²) in [5, 5.41) is 14.8. The maximum Gasteiger partial charge on any atom is 0.331 e. The number of carbonyl (C=O) groups excluding carboxylic acids is 1. The number of nitro groups is 1. The molecule has 0 saturated heterocycles. The summed E-state index contributed by atoms with van der Waals surface area (Å²) in [7, 11) is 0. The largest absolute Gasteiger partial charge is 0.331 e. The molecular weight excluding hydrogens is 312 g/mol. The van der Waals surface area contributed by atoms with Crippen LogP contribution in [-0.4, -0.2) is 27.0 Å². The molecule has 0 unspecified atom stereocenters. The van der Waals surface area contributed by atoms with Crippen LogP contribution in [0.5, 0.6) is 0 Å². The molecule has 3 rings (SSSR count). The van der Waals surface area contributed by atoms with Gasteiger partial charge in [0.05, 0.1) is 4.92 Å². The molecule has 1 fully saturated rings. The topological polar surface area (TPSA) is 102 Å². The Morgan fingerprint density at radius 2 is 2.08 bits per heavy atom. The molecule has 24 heavy (non-hydrogen) atoms. The van der Waals surface area contributed by atoms with Gasteiger partial charge in [-0.25, -0.2) is 0 Å². The summed E-state index contributed by atoms with van der Waals surface area (Å²) in [4.78, 5) is 28.3. The second kappa shape index (κ2) is 6.77. The van der Waals surface area contributed by atoms with Gasteiger partial charge >= 0.3 is 6.01 Å². The molecule has 0 spiro atoms. The maximum atomic E-state index is 12.0. The first-order valence-electron chi connectivity index (χ1n) is 7.94. The van der Waals surface area contributed by atoms with Crippen molar-refractivity contribution in [1.29, 1.82) is 0 Å². The fourth-order valence-electron chi connectivity index (χ4n) is 3.08. The molecular formula is C16H18N4O4. The average Bonchev–Trinajstić information content (AvgIpc) is 3.05. The van der Waals surface area contributed by atoms with Gasteiger partial charge in [0, 0.05) is 30.7 Å². The number of benzene rings is 1. The minimum atomic E-state index is -0.478. The first kappa shape index (κ1) is 16.1. The molecule has 0 N–H and O–H groups in total. The van der Waals surface area contributed by atoms with Crippen molar-refractivity contribution in [3.8, 4) is 11.4 Å². The average molecular weight is 330 g/mol. The Hall–Kier alpha value is -2.77.